The maximum atomic E-state index is 5.55. The molecule has 0 bridgehead atoms. The molecule has 1 aromatic rings. The third-order valence-electron chi connectivity index (χ3n) is 2.23. The summed E-state index contributed by atoms with van der Waals surface area (Å²) in [6.07, 6.45) is 0.772. The van der Waals surface area contributed by atoms with E-state index in [1.54, 1.807) is 14.2 Å². The van der Waals surface area contributed by atoms with Crippen molar-refractivity contribution in [2.24, 2.45) is 5.73 Å². The van der Waals surface area contributed by atoms with Gasteiger partial charge in [0, 0.05) is 5.56 Å². The topological polar surface area (TPSA) is 44.5 Å². The van der Waals surface area contributed by atoms with Crippen LogP contribution in [0, 0.1) is 6.92 Å². The van der Waals surface area contributed by atoms with Crippen LogP contribution in [0.1, 0.15) is 11.1 Å². The zero-order valence-electron chi connectivity index (χ0n) is 8.96. The first-order chi connectivity index (χ1) is 6.74. The molecule has 0 atom stereocenters. The molecule has 0 unspecified atom stereocenters. The van der Waals surface area contributed by atoms with Crippen molar-refractivity contribution < 1.29 is 9.47 Å². The summed E-state index contributed by atoms with van der Waals surface area (Å²) in [5.41, 5.74) is 7.71. The number of methoxy groups -OCH3 is 2. The van der Waals surface area contributed by atoms with Gasteiger partial charge in [-0.2, -0.15) is 0 Å². The Labute approximate surface area is 84.8 Å². The summed E-state index contributed by atoms with van der Waals surface area (Å²) in [6.45, 7) is 2.61. The zero-order chi connectivity index (χ0) is 10.6. The molecule has 0 fully saturated rings. The van der Waals surface area contributed by atoms with E-state index in [4.69, 9.17) is 15.2 Å². The molecule has 3 heteroatoms. The van der Waals surface area contributed by atoms with Gasteiger partial charge in [-0.25, -0.2) is 0 Å². The van der Waals surface area contributed by atoms with Crippen LogP contribution in [0.3, 0.4) is 0 Å². The molecule has 2 N–H and O–H groups in total. The standard InChI is InChI=1S/C11H17NO2/c1-8-4-5-10(13-2)9(6-7-12)11(8)14-3/h4-5H,6-7,12H2,1-3H3. The average molecular weight is 195 g/mol. The molecule has 0 aliphatic rings. The molecule has 0 radical (unpaired) electrons. The van der Waals surface area contributed by atoms with Gasteiger partial charge >= 0.3 is 0 Å². The van der Waals surface area contributed by atoms with Crippen LogP contribution in [0.5, 0.6) is 11.5 Å². The highest BCUT2D eigenvalue weighted by Gasteiger charge is 2.11. The number of aryl methyl sites for hydroxylation is 1. The van der Waals surface area contributed by atoms with Gasteiger partial charge in [0.2, 0.25) is 0 Å². The zero-order valence-corrected chi connectivity index (χ0v) is 8.96. The fourth-order valence-electron chi connectivity index (χ4n) is 1.58. The Hall–Kier alpha value is -1.22. The summed E-state index contributed by atoms with van der Waals surface area (Å²) in [5, 5.41) is 0. The number of rotatable bonds is 4. The molecule has 1 rings (SSSR count). The predicted molar refractivity (Wildman–Crippen MR) is 57.0 cm³/mol. The molecule has 3 nitrogen and oxygen atoms in total. The number of nitrogens with two attached hydrogens (primary N) is 1. The van der Waals surface area contributed by atoms with E-state index in [2.05, 4.69) is 0 Å². The Kier molecular flexibility index (Phi) is 3.77. The maximum Gasteiger partial charge on any atom is 0.128 e. The smallest absolute Gasteiger partial charge is 0.128 e. The fraction of sp³-hybridized carbons (Fsp3) is 0.455. The van der Waals surface area contributed by atoms with Gasteiger partial charge in [-0.3, -0.25) is 0 Å². The molecular weight excluding hydrogens is 178 g/mol. The number of hydrogen-bond acceptors (Lipinski definition) is 3. The molecule has 0 aromatic heterocycles. The number of ether oxygens (including phenoxy) is 2. The minimum atomic E-state index is 0.593. The van der Waals surface area contributed by atoms with Crippen molar-refractivity contribution in [3.63, 3.8) is 0 Å². The van der Waals surface area contributed by atoms with Gasteiger partial charge in [0.15, 0.2) is 0 Å². The second kappa shape index (κ2) is 4.86. The molecular formula is C11H17NO2. The molecule has 0 spiro atoms. The molecule has 1 aromatic carbocycles. The minimum absolute atomic E-state index is 0.593. The predicted octanol–water partition coefficient (Wildman–Crippen LogP) is 1.51. The summed E-state index contributed by atoms with van der Waals surface area (Å²) in [7, 11) is 3.33. The minimum Gasteiger partial charge on any atom is -0.496 e. The molecule has 0 heterocycles. The van der Waals surface area contributed by atoms with E-state index in [9.17, 15) is 0 Å². The third-order valence-corrected chi connectivity index (χ3v) is 2.23. The lowest BCUT2D eigenvalue weighted by Gasteiger charge is -2.14. The van der Waals surface area contributed by atoms with Crippen LogP contribution >= 0.6 is 0 Å². The first kappa shape index (κ1) is 10.9. The lowest BCUT2D eigenvalue weighted by atomic mass is 10.1. The highest BCUT2D eigenvalue weighted by Crippen LogP contribution is 2.31. The third kappa shape index (κ3) is 1.99. The van der Waals surface area contributed by atoms with Gasteiger partial charge in [0.1, 0.15) is 11.5 Å². The first-order valence-electron chi connectivity index (χ1n) is 4.65. The SMILES string of the molecule is COc1ccc(C)c(OC)c1CCN. The summed E-state index contributed by atoms with van der Waals surface area (Å²) < 4.78 is 10.6. The molecule has 0 saturated heterocycles. The monoisotopic (exact) mass is 195 g/mol. The van der Waals surface area contributed by atoms with Gasteiger partial charge in [-0.05, 0) is 31.5 Å². The summed E-state index contributed by atoms with van der Waals surface area (Å²) in [6, 6.07) is 3.93. The van der Waals surface area contributed by atoms with Crippen LogP contribution < -0.4 is 15.2 Å². The van der Waals surface area contributed by atoms with Gasteiger partial charge in [0.05, 0.1) is 14.2 Å². The van der Waals surface area contributed by atoms with Crippen molar-refractivity contribution in [1.82, 2.24) is 0 Å². The Morgan fingerprint density at radius 2 is 1.93 bits per heavy atom. The lowest BCUT2D eigenvalue weighted by molar-refractivity contribution is 0.383. The molecule has 0 aliphatic carbocycles. The van der Waals surface area contributed by atoms with Crippen LogP contribution in [0.2, 0.25) is 0 Å². The van der Waals surface area contributed by atoms with E-state index in [0.717, 1.165) is 29.0 Å². The molecule has 78 valence electrons. The quantitative estimate of drug-likeness (QED) is 0.792. The number of benzene rings is 1. The normalized spacial score (nSPS) is 10.0. The van der Waals surface area contributed by atoms with E-state index >= 15 is 0 Å². The molecule has 0 amide bonds. The van der Waals surface area contributed by atoms with Gasteiger partial charge in [-0.1, -0.05) is 6.07 Å². The second-order valence-corrected chi connectivity index (χ2v) is 3.14. The van der Waals surface area contributed by atoms with Crippen molar-refractivity contribution in [2.45, 2.75) is 13.3 Å². The Bertz CT molecular complexity index is 310. The van der Waals surface area contributed by atoms with Crippen molar-refractivity contribution in [3.8, 4) is 11.5 Å². The van der Waals surface area contributed by atoms with Crippen molar-refractivity contribution in [3.05, 3.63) is 23.3 Å². The van der Waals surface area contributed by atoms with E-state index in [1.165, 1.54) is 0 Å². The number of hydrogen-bond donors (Lipinski definition) is 1. The fourth-order valence-corrected chi connectivity index (χ4v) is 1.58. The largest absolute Gasteiger partial charge is 0.496 e. The first-order valence-corrected chi connectivity index (χ1v) is 4.65. The van der Waals surface area contributed by atoms with Crippen molar-refractivity contribution in [1.29, 1.82) is 0 Å². The van der Waals surface area contributed by atoms with Crippen LogP contribution in [0.15, 0.2) is 12.1 Å². The van der Waals surface area contributed by atoms with Crippen LogP contribution in [0.4, 0.5) is 0 Å². The highest BCUT2D eigenvalue weighted by molar-refractivity contribution is 5.49. The lowest BCUT2D eigenvalue weighted by Crippen LogP contribution is -2.06. The molecule has 14 heavy (non-hydrogen) atoms. The Morgan fingerprint density at radius 1 is 1.21 bits per heavy atom. The summed E-state index contributed by atoms with van der Waals surface area (Å²) in [4.78, 5) is 0. The Balaban J connectivity index is 3.21. The van der Waals surface area contributed by atoms with Gasteiger partial charge in [0.25, 0.3) is 0 Å². The van der Waals surface area contributed by atoms with Crippen LogP contribution in [-0.4, -0.2) is 20.8 Å². The van der Waals surface area contributed by atoms with Gasteiger partial charge < -0.3 is 15.2 Å². The molecule has 0 saturated carbocycles. The van der Waals surface area contributed by atoms with Crippen LogP contribution in [0.25, 0.3) is 0 Å². The van der Waals surface area contributed by atoms with Crippen molar-refractivity contribution >= 4 is 0 Å². The van der Waals surface area contributed by atoms with Gasteiger partial charge in [-0.15, -0.1) is 0 Å². The van der Waals surface area contributed by atoms with E-state index < -0.39 is 0 Å². The maximum absolute atomic E-state index is 5.55. The Morgan fingerprint density at radius 3 is 2.43 bits per heavy atom. The van der Waals surface area contributed by atoms with E-state index in [0.29, 0.717) is 6.54 Å². The second-order valence-electron chi connectivity index (χ2n) is 3.14. The average Bonchev–Trinajstić information content (AvgIpc) is 2.19. The summed E-state index contributed by atoms with van der Waals surface area (Å²) >= 11 is 0. The van der Waals surface area contributed by atoms with E-state index in [-0.39, 0.29) is 0 Å². The van der Waals surface area contributed by atoms with Crippen LogP contribution in [-0.2, 0) is 6.42 Å². The van der Waals surface area contributed by atoms with Crippen molar-refractivity contribution in [2.75, 3.05) is 20.8 Å². The summed E-state index contributed by atoms with van der Waals surface area (Å²) in [5.74, 6) is 1.73. The molecule has 0 aliphatic heterocycles. The van der Waals surface area contributed by atoms with E-state index in [1.807, 2.05) is 19.1 Å². The highest BCUT2D eigenvalue weighted by atomic mass is 16.5.